The zero-order chi connectivity index (χ0) is 13.8. The predicted molar refractivity (Wildman–Crippen MR) is 86.2 cm³/mol. The Hall–Kier alpha value is -1.02. The van der Waals surface area contributed by atoms with Crippen LogP contribution in [-0.4, -0.2) is 24.0 Å². The number of benzene rings is 1. The van der Waals surface area contributed by atoms with Gasteiger partial charge in [-0.1, -0.05) is 38.3 Å². The predicted octanol–water partition coefficient (Wildman–Crippen LogP) is 4.20. The quantitative estimate of drug-likeness (QED) is 0.883. The molecule has 2 aliphatic rings. The van der Waals surface area contributed by atoms with Gasteiger partial charge in [0.1, 0.15) is 0 Å². The fourth-order valence-corrected chi connectivity index (χ4v) is 3.90. The second-order valence-corrected chi connectivity index (χ2v) is 6.33. The summed E-state index contributed by atoms with van der Waals surface area (Å²) < 4.78 is 0. The highest BCUT2D eigenvalue weighted by Crippen LogP contribution is 2.29. The number of hydrogen-bond donors (Lipinski definition) is 1. The maximum atomic E-state index is 3.56. The first-order chi connectivity index (χ1) is 9.88. The molecule has 0 amide bonds. The molecule has 1 aliphatic carbocycles. The first-order valence-electron chi connectivity index (χ1n) is 8.47. The van der Waals surface area contributed by atoms with Gasteiger partial charge in [-0.2, -0.15) is 0 Å². The molecule has 2 heteroatoms. The van der Waals surface area contributed by atoms with Crippen LogP contribution >= 0.6 is 0 Å². The molecule has 1 aromatic rings. The van der Waals surface area contributed by atoms with E-state index in [1.807, 2.05) is 0 Å². The molecule has 20 heavy (non-hydrogen) atoms. The Kier molecular flexibility index (Phi) is 4.62. The van der Waals surface area contributed by atoms with Gasteiger partial charge in [-0.05, 0) is 49.4 Å². The van der Waals surface area contributed by atoms with E-state index in [1.54, 1.807) is 11.1 Å². The summed E-state index contributed by atoms with van der Waals surface area (Å²) in [5, 5.41) is 3.56. The van der Waals surface area contributed by atoms with Crippen molar-refractivity contribution in [3.63, 3.8) is 0 Å². The van der Waals surface area contributed by atoms with Crippen molar-refractivity contribution in [1.29, 1.82) is 0 Å². The Labute approximate surface area is 123 Å². The van der Waals surface area contributed by atoms with E-state index in [4.69, 9.17) is 0 Å². The van der Waals surface area contributed by atoms with E-state index in [9.17, 15) is 0 Å². The lowest BCUT2D eigenvalue weighted by molar-refractivity contribution is 0.155. The van der Waals surface area contributed by atoms with Gasteiger partial charge in [0.25, 0.3) is 0 Å². The van der Waals surface area contributed by atoms with Crippen LogP contribution in [0.3, 0.4) is 0 Å². The van der Waals surface area contributed by atoms with Gasteiger partial charge < -0.3 is 5.32 Å². The Morgan fingerprint density at radius 3 is 2.80 bits per heavy atom. The van der Waals surface area contributed by atoms with E-state index in [-0.39, 0.29) is 0 Å². The van der Waals surface area contributed by atoms with E-state index in [1.165, 1.54) is 57.2 Å². The smallest absolute Gasteiger partial charge is 0.0375 e. The fourth-order valence-electron chi connectivity index (χ4n) is 3.90. The van der Waals surface area contributed by atoms with Crippen LogP contribution in [0.5, 0.6) is 0 Å². The molecule has 2 nitrogen and oxygen atoms in total. The topological polar surface area (TPSA) is 15.3 Å². The van der Waals surface area contributed by atoms with E-state index in [0.717, 1.165) is 19.1 Å². The minimum Gasteiger partial charge on any atom is -0.385 e. The molecule has 0 spiro atoms. The Bertz CT molecular complexity index is 435. The maximum Gasteiger partial charge on any atom is 0.0375 e. The van der Waals surface area contributed by atoms with Gasteiger partial charge in [-0.3, -0.25) is 4.90 Å². The van der Waals surface area contributed by atoms with E-state index in [2.05, 4.69) is 35.3 Å². The highest BCUT2D eigenvalue weighted by Gasteiger charge is 2.21. The summed E-state index contributed by atoms with van der Waals surface area (Å²) in [5.74, 6) is 0. The molecule has 1 fully saturated rings. The van der Waals surface area contributed by atoms with Crippen LogP contribution in [-0.2, 0) is 13.0 Å². The lowest BCUT2D eigenvalue weighted by Crippen LogP contribution is -2.36. The summed E-state index contributed by atoms with van der Waals surface area (Å²) >= 11 is 0. The summed E-state index contributed by atoms with van der Waals surface area (Å²) in [6.45, 7) is 5.78. The van der Waals surface area contributed by atoms with Crippen LogP contribution in [0.25, 0.3) is 0 Å². The molecule has 1 saturated carbocycles. The third-order valence-electron chi connectivity index (χ3n) is 5.06. The summed E-state index contributed by atoms with van der Waals surface area (Å²) in [7, 11) is 0. The van der Waals surface area contributed by atoms with Crippen LogP contribution in [0.4, 0.5) is 5.69 Å². The Morgan fingerprint density at radius 2 is 2.00 bits per heavy atom. The number of nitrogens with zero attached hydrogens (tertiary/aromatic N) is 1. The minimum atomic E-state index is 0.821. The molecule has 0 unspecified atom stereocenters. The van der Waals surface area contributed by atoms with Crippen LogP contribution in [0.15, 0.2) is 18.2 Å². The summed E-state index contributed by atoms with van der Waals surface area (Å²) in [5.41, 5.74) is 4.52. The first kappa shape index (κ1) is 13.9. The molecule has 1 aromatic carbocycles. The Morgan fingerprint density at radius 1 is 1.15 bits per heavy atom. The Balaban J connectivity index is 1.75. The van der Waals surface area contributed by atoms with Crippen molar-refractivity contribution in [1.82, 2.24) is 4.90 Å². The highest BCUT2D eigenvalue weighted by atomic mass is 15.1. The van der Waals surface area contributed by atoms with Crippen LogP contribution in [0, 0.1) is 0 Å². The third kappa shape index (κ3) is 3.01. The third-order valence-corrected chi connectivity index (χ3v) is 5.06. The molecule has 0 radical (unpaired) electrons. The second kappa shape index (κ2) is 6.62. The largest absolute Gasteiger partial charge is 0.385 e. The molecule has 3 rings (SSSR count). The molecule has 0 aromatic heterocycles. The van der Waals surface area contributed by atoms with Gasteiger partial charge >= 0.3 is 0 Å². The lowest BCUT2D eigenvalue weighted by atomic mass is 9.92. The molecule has 0 bridgehead atoms. The zero-order valence-corrected chi connectivity index (χ0v) is 12.8. The van der Waals surface area contributed by atoms with Crippen LogP contribution in [0.2, 0.25) is 0 Å². The second-order valence-electron chi connectivity index (χ2n) is 6.33. The number of anilines is 1. The van der Waals surface area contributed by atoms with Gasteiger partial charge in [0, 0.05) is 24.8 Å². The molecule has 1 N–H and O–H groups in total. The van der Waals surface area contributed by atoms with Crippen molar-refractivity contribution in [2.45, 2.75) is 64.5 Å². The minimum absolute atomic E-state index is 0.821. The monoisotopic (exact) mass is 272 g/mol. The molecule has 0 atom stereocenters. The number of rotatable bonds is 4. The average molecular weight is 272 g/mol. The molecule has 1 aliphatic heterocycles. The van der Waals surface area contributed by atoms with Gasteiger partial charge in [0.05, 0.1) is 0 Å². The molecule has 1 heterocycles. The van der Waals surface area contributed by atoms with Crippen LogP contribution in [0.1, 0.15) is 56.6 Å². The maximum absolute atomic E-state index is 3.56. The summed E-state index contributed by atoms with van der Waals surface area (Å²) in [6.07, 6.45) is 9.63. The highest BCUT2D eigenvalue weighted by molar-refractivity contribution is 5.56. The van der Waals surface area contributed by atoms with Crippen molar-refractivity contribution < 1.29 is 0 Å². The number of fused-ring (bicyclic) bond motifs is 1. The lowest BCUT2D eigenvalue weighted by Gasteiger charge is -2.34. The first-order valence-corrected chi connectivity index (χ1v) is 8.47. The average Bonchev–Trinajstić information content (AvgIpc) is 2.53. The molecule has 0 saturated heterocycles. The van der Waals surface area contributed by atoms with Crippen molar-refractivity contribution in [3.05, 3.63) is 29.3 Å². The van der Waals surface area contributed by atoms with Crippen molar-refractivity contribution in [3.8, 4) is 0 Å². The standard InChI is InChI=1S/C18H28N2/c1-2-20(16-9-4-3-5-10-16)14-15-8-6-12-18-17(15)11-7-13-19-18/h6,8,12,16,19H,2-5,7,9-11,13-14H2,1H3. The van der Waals surface area contributed by atoms with Gasteiger partial charge in [-0.15, -0.1) is 0 Å². The van der Waals surface area contributed by atoms with Gasteiger partial charge in [0.2, 0.25) is 0 Å². The molecule has 110 valence electrons. The van der Waals surface area contributed by atoms with Gasteiger partial charge in [-0.25, -0.2) is 0 Å². The molecular weight excluding hydrogens is 244 g/mol. The van der Waals surface area contributed by atoms with E-state index >= 15 is 0 Å². The summed E-state index contributed by atoms with van der Waals surface area (Å²) in [4.78, 5) is 2.71. The molecular formula is C18H28N2. The van der Waals surface area contributed by atoms with Gasteiger partial charge in [0.15, 0.2) is 0 Å². The SMILES string of the molecule is CCN(Cc1cccc2c1CCCN2)C1CCCCC1. The number of nitrogens with one attached hydrogen (secondary N) is 1. The van der Waals surface area contributed by atoms with Crippen LogP contribution < -0.4 is 5.32 Å². The van der Waals surface area contributed by atoms with Crippen molar-refractivity contribution in [2.75, 3.05) is 18.4 Å². The van der Waals surface area contributed by atoms with E-state index < -0.39 is 0 Å². The summed E-state index contributed by atoms with van der Waals surface area (Å²) in [6, 6.07) is 7.63. The normalized spacial score (nSPS) is 19.7. The fraction of sp³-hybridized carbons (Fsp3) is 0.667. The van der Waals surface area contributed by atoms with Crippen molar-refractivity contribution >= 4 is 5.69 Å². The number of hydrogen-bond acceptors (Lipinski definition) is 2. The van der Waals surface area contributed by atoms with E-state index in [0.29, 0.717) is 0 Å². The van der Waals surface area contributed by atoms with Crippen molar-refractivity contribution in [2.24, 2.45) is 0 Å². The zero-order valence-electron chi connectivity index (χ0n) is 12.8.